The molecule has 0 aromatic carbocycles. The first-order chi connectivity index (χ1) is 6.77. The minimum Gasteiger partial charge on any atom is -0.306 e. The predicted molar refractivity (Wildman–Crippen MR) is 61.3 cm³/mol. The summed E-state index contributed by atoms with van der Waals surface area (Å²) in [4.78, 5) is 2.50. The molecule has 2 atom stereocenters. The second-order valence-corrected chi connectivity index (χ2v) is 5.59. The van der Waals surface area contributed by atoms with Gasteiger partial charge in [-0.05, 0) is 37.8 Å². The van der Waals surface area contributed by atoms with Crippen molar-refractivity contribution in [3.05, 3.63) is 0 Å². The van der Waals surface area contributed by atoms with Crippen molar-refractivity contribution in [2.45, 2.75) is 45.4 Å². The van der Waals surface area contributed by atoms with Gasteiger partial charge in [-0.1, -0.05) is 39.0 Å². The van der Waals surface area contributed by atoms with Crippen LogP contribution >= 0.6 is 0 Å². The van der Waals surface area contributed by atoms with Crippen LogP contribution < -0.4 is 0 Å². The van der Waals surface area contributed by atoms with Gasteiger partial charge in [0.25, 0.3) is 0 Å². The number of nitrogens with zero attached hydrogens (tertiary/aromatic N) is 1. The van der Waals surface area contributed by atoms with E-state index in [2.05, 4.69) is 18.9 Å². The number of piperidine rings is 1. The fraction of sp³-hybridized carbons (Fsp3) is 1.00. The fourth-order valence-corrected chi connectivity index (χ4v) is 3.63. The van der Waals surface area contributed by atoms with Crippen LogP contribution in [-0.4, -0.2) is 25.0 Å². The van der Waals surface area contributed by atoms with Gasteiger partial charge in [-0.3, -0.25) is 0 Å². The molecule has 1 aliphatic heterocycles. The number of rotatable bonds is 1. The summed E-state index contributed by atoms with van der Waals surface area (Å²) in [5, 5.41) is 0. The van der Waals surface area contributed by atoms with Gasteiger partial charge in [-0.2, -0.15) is 0 Å². The third kappa shape index (κ3) is 2.31. The van der Waals surface area contributed by atoms with Gasteiger partial charge in [0.2, 0.25) is 0 Å². The monoisotopic (exact) mass is 195 g/mol. The molecule has 82 valence electrons. The lowest BCUT2D eigenvalue weighted by molar-refractivity contribution is 0.0907. The van der Waals surface area contributed by atoms with Crippen molar-refractivity contribution < 1.29 is 0 Å². The molecule has 1 heteroatoms. The van der Waals surface area contributed by atoms with E-state index in [0.29, 0.717) is 0 Å². The topological polar surface area (TPSA) is 3.24 Å². The summed E-state index contributed by atoms with van der Waals surface area (Å²) >= 11 is 0. The zero-order valence-electron chi connectivity index (χ0n) is 9.84. The summed E-state index contributed by atoms with van der Waals surface area (Å²) in [6.45, 7) is 5.14. The standard InChI is InChI=1S/C13H25N/c1-11-10-14(2)9-8-13(11)12-6-4-3-5-7-12/h11-13H,3-10H2,1-2H3/t11-,13-/m1/s1. The lowest BCUT2D eigenvalue weighted by atomic mass is 9.71. The van der Waals surface area contributed by atoms with Crippen molar-refractivity contribution in [3.8, 4) is 0 Å². The Labute approximate surface area is 88.9 Å². The van der Waals surface area contributed by atoms with Crippen LogP contribution in [0.15, 0.2) is 0 Å². The Kier molecular flexibility index (Phi) is 3.48. The minimum atomic E-state index is 0.942. The molecule has 1 aliphatic carbocycles. The predicted octanol–water partition coefficient (Wildman–Crippen LogP) is 3.15. The first-order valence-electron chi connectivity index (χ1n) is 6.46. The molecule has 0 aromatic rings. The van der Waals surface area contributed by atoms with Crippen molar-refractivity contribution in [2.75, 3.05) is 20.1 Å². The Morgan fingerprint density at radius 3 is 2.36 bits per heavy atom. The molecule has 1 heterocycles. The quantitative estimate of drug-likeness (QED) is 0.621. The van der Waals surface area contributed by atoms with E-state index in [1.54, 1.807) is 0 Å². The molecule has 0 unspecified atom stereocenters. The minimum absolute atomic E-state index is 0.942. The largest absolute Gasteiger partial charge is 0.306 e. The van der Waals surface area contributed by atoms with E-state index in [1.807, 2.05) is 0 Å². The zero-order chi connectivity index (χ0) is 9.97. The van der Waals surface area contributed by atoms with Gasteiger partial charge < -0.3 is 4.90 Å². The maximum atomic E-state index is 2.50. The summed E-state index contributed by atoms with van der Waals surface area (Å²) in [5.74, 6) is 3.07. The molecule has 0 N–H and O–H groups in total. The summed E-state index contributed by atoms with van der Waals surface area (Å²) in [5.41, 5.74) is 0. The van der Waals surface area contributed by atoms with Gasteiger partial charge in [0.15, 0.2) is 0 Å². The molecule has 1 saturated carbocycles. The number of hydrogen-bond acceptors (Lipinski definition) is 1. The van der Waals surface area contributed by atoms with Crippen LogP contribution in [0.2, 0.25) is 0 Å². The normalized spacial score (nSPS) is 37.3. The average molecular weight is 195 g/mol. The van der Waals surface area contributed by atoms with Crippen LogP contribution in [0.5, 0.6) is 0 Å². The molecule has 1 nitrogen and oxygen atoms in total. The molecular formula is C13H25N. The third-order valence-corrected chi connectivity index (χ3v) is 4.43. The first kappa shape index (κ1) is 10.5. The van der Waals surface area contributed by atoms with Gasteiger partial charge in [-0.15, -0.1) is 0 Å². The highest BCUT2D eigenvalue weighted by atomic mass is 15.1. The van der Waals surface area contributed by atoms with Crippen LogP contribution in [0.3, 0.4) is 0 Å². The van der Waals surface area contributed by atoms with E-state index < -0.39 is 0 Å². The van der Waals surface area contributed by atoms with Crippen LogP contribution in [0, 0.1) is 17.8 Å². The molecule has 2 rings (SSSR count). The molecule has 0 amide bonds. The molecule has 1 saturated heterocycles. The van der Waals surface area contributed by atoms with Crippen LogP contribution in [0.25, 0.3) is 0 Å². The highest BCUT2D eigenvalue weighted by Gasteiger charge is 2.31. The highest BCUT2D eigenvalue weighted by Crippen LogP contribution is 2.37. The van der Waals surface area contributed by atoms with E-state index >= 15 is 0 Å². The van der Waals surface area contributed by atoms with Crippen molar-refractivity contribution >= 4 is 0 Å². The van der Waals surface area contributed by atoms with Gasteiger partial charge in [0.1, 0.15) is 0 Å². The fourth-order valence-electron chi connectivity index (χ4n) is 3.63. The van der Waals surface area contributed by atoms with Gasteiger partial charge in [0.05, 0.1) is 0 Å². The Bertz CT molecular complexity index is 172. The number of likely N-dealkylation sites (tertiary alicyclic amines) is 1. The van der Waals surface area contributed by atoms with E-state index in [0.717, 1.165) is 17.8 Å². The summed E-state index contributed by atoms with van der Waals surface area (Å²) in [6.07, 6.45) is 9.02. The Balaban J connectivity index is 1.89. The average Bonchev–Trinajstić information content (AvgIpc) is 2.19. The highest BCUT2D eigenvalue weighted by molar-refractivity contribution is 4.83. The second kappa shape index (κ2) is 4.65. The molecule has 0 bridgehead atoms. The summed E-state index contributed by atoms with van der Waals surface area (Å²) < 4.78 is 0. The molecule has 0 radical (unpaired) electrons. The molecule has 2 fully saturated rings. The lowest BCUT2D eigenvalue weighted by Gasteiger charge is -2.40. The van der Waals surface area contributed by atoms with Crippen molar-refractivity contribution in [1.29, 1.82) is 0 Å². The molecule has 0 spiro atoms. The van der Waals surface area contributed by atoms with E-state index in [4.69, 9.17) is 0 Å². The van der Waals surface area contributed by atoms with Gasteiger partial charge in [-0.25, -0.2) is 0 Å². The first-order valence-corrected chi connectivity index (χ1v) is 6.46. The summed E-state index contributed by atoms with van der Waals surface area (Å²) in [7, 11) is 2.27. The Morgan fingerprint density at radius 1 is 1.00 bits per heavy atom. The smallest absolute Gasteiger partial charge is 0.000673 e. The van der Waals surface area contributed by atoms with Gasteiger partial charge >= 0.3 is 0 Å². The summed E-state index contributed by atoms with van der Waals surface area (Å²) in [6, 6.07) is 0. The van der Waals surface area contributed by atoms with E-state index in [1.165, 1.54) is 51.6 Å². The Hall–Kier alpha value is -0.0400. The van der Waals surface area contributed by atoms with Crippen molar-refractivity contribution in [3.63, 3.8) is 0 Å². The maximum Gasteiger partial charge on any atom is 0.000673 e. The van der Waals surface area contributed by atoms with Crippen molar-refractivity contribution in [2.24, 2.45) is 17.8 Å². The van der Waals surface area contributed by atoms with Crippen molar-refractivity contribution in [1.82, 2.24) is 4.90 Å². The van der Waals surface area contributed by atoms with Gasteiger partial charge in [0, 0.05) is 6.54 Å². The Morgan fingerprint density at radius 2 is 1.71 bits per heavy atom. The van der Waals surface area contributed by atoms with E-state index in [9.17, 15) is 0 Å². The lowest BCUT2D eigenvalue weighted by Crippen LogP contribution is -2.40. The zero-order valence-corrected chi connectivity index (χ0v) is 9.84. The molecule has 2 aliphatic rings. The maximum absolute atomic E-state index is 2.50. The molecule has 0 aromatic heterocycles. The second-order valence-electron chi connectivity index (χ2n) is 5.59. The van der Waals surface area contributed by atoms with E-state index in [-0.39, 0.29) is 0 Å². The SMILES string of the molecule is C[C@@H]1CN(C)CC[C@H]1C1CCCCC1. The van der Waals surface area contributed by atoms with Crippen LogP contribution in [0.4, 0.5) is 0 Å². The molecular weight excluding hydrogens is 170 g/mol. The van der Waals surface area contributed by atoms with Crippen LogP contribution in [0.1, 0.15) is 45.4 Å². The molecule has 14 heavy (non-hydrogen) atoms. The number of hydrogen-bond donors (Lipinski definition) is 0. The third-order valence-electron chi connectivity index (χ3n) is 4.43. The van der Waals surface area contributed by atoms with Crippen LogP contribution in [-0.2, 0) is 0 Å².